The first-order valence-electron chi connectivity index (χ1n) is 10.9. The van der Waals surface area contributed by atoms with Gasteiger partial charge in [0.2, 0.25) is 0 Å². The normalized spacial score (nSPS) is 11.3. The number of ether oxygens (including phenoxy) is 1. The van der Waals surface area contributed by atoms with E-state index >= 15 is 0 Å². The van der Waals surface area contributed by atoms with Crippen LogP contribution in [-0.2, 0) is 4.74 Å². The number of H-pyrrole nitrogens is 1. The largest absolute Gasteiger partial charge is 0.465 e. The van der Waals surface area contributed by atoms with E-state index in [2.05, 4.69) is 4.98 Å². The van der Waals surface area contributed by atoms with Crippen molar-refractivity contribution >= 4 is 11.8 Å². The van der Waals surface area contributed by atoms with Crippen molar-refractivity contribution in [2.75, 3.05) is 7.11 Å². The highest BCUT2D eigenvalue weighted by atomic mass is 16.5. The maximum Gasteiger partial charge on any atom is 0.340 e. The van der Waals surface area contributed by atoms with Gasteiger partial charge in [0, 0.05) is 22.1 Å². The first kappa shape index (κ1) is 22.3. The summed E-state index contributed by atoms with van der Waals surface area (Å²) >= 11 is 0. The lowest BCUT2D eigenvalue weighted by atomic mass is 9.83. The number of aromatic amines is 1. The Hall–Kier alpha value is -3.92. The molecule has 166 valence electrons. The molecule has 0 spiro atoms. The summed E-state index contributed by atoms with van der Waals surface area (Å²) in [4.78, 5) is 30.0. The van der Waals surface area contributed by atoms with Gasteiger partial charge in [-0.25, -0.2) is 4.79 Å². The van der Waals surface area contributed by atoms with E-state index < -0.39 is 11.4 Å². The molecule has 4 heteroatoms. The molecular weight excluding hydrogens is 410 g/mol. The van der Waals surface area contributed by atoms with Crippen molar-refractivity contribution in [3.8, 4) is 33.6 Å². The Kier molecular flexibility index (Phi) is 6.01. The molecular formula is C29H27NO3. The lowest BCUT2D eigenvalue weighted by molar-refractivity contribution is 0.0602. The molecule has 0 aliphatic carbocycles. The van der Waals surface area contributed by atoms with Crippen LogP contribution in [0.25, 0.3) is 33.6 Å². The number of ketones is 1. The van der Waals surface area contributed by atoms with Gasteiger partial charge in [-0.3, -0.25) is 4.79 Å². The average molecular weight is 438 g/mol. The molecule has 4 nitrogen and oxygen atoms in total. The highest BCUT2D eigenvalue weighted by Gasteiger charge is 2.31. The zero-order valence-corrected chi connectivity index (χ0v) is 19.3. The van der Waals surface area contributed by atoms with Gasteiger partial charge >= 0.3 is 5.97 Å². The van der Waals surface area contributed by atoms with Gasteiger partial charge in [-0.15, -0.1) is 0 Å². The second-order valence-corrected chi connectivity index (χ2v) is 8.97. The van der Waals surface area contributed by atoms with Crippen LogP contribution in [0.15, 0.2) is 84.9 Å². The van der Waals surface area contributed by atoms with E-state index in [0.717, 1.165) is 22.4 Å². The number of hydrogen-bond acceptors (Lipinski definition) is 3. The van der Waals surface area contributed by atoms with Crippen LogP contribution in [0.4, 0.5) is 0 Å². The minimum atomic E-state index is -0.571. The number of nitrogens with one attached hydrogen (secondary N) is 1. The van der Waals surface area contributed by atoms with Crippen LogP contribution in [0.1, 0.15) is 41.5 Å². The number of carbonyl (C=O) groups excluding carboxylic acids is 2. The summed E-state index contributed by atoms with van der Waals surface area (Å²) < 4.78 is 5.23. The van der Waals surface area contributed by atoms with Gasteiger partial charge in [-0.2, -0.15) is 0 Å². The number of hydrogen-bond donors (Lipinski definition) is 1. The summed E-state index contributed by atoms with van der Waals surface area (Å²) in [5.41, 5.74) is 5.04. The first-order valence-corrected chi connectivity index (χ1v) is 10.9. The lowest BCUT2D eigenvalue weighted by Crippen LogP contribution is -2.21. The Morgan fingerprint density at radius 1 is 0.727 bits per heavy atom. The summed E-state index contributed by atoms with van der Waals surface area (Å²) in [5.74, 6) is -0.452. The highest BCUT2D eigenvalue weighted by Crippen LogP contribution is 2.42. The van der Waals surface area contributed by atoms with E-state index in [1.165, 1.54) is 7.11 Å². The Labute approximate surface area is 194 Å². The first-order chi connectivity index (χ1) is 15.8. The molecule has 1 heterocycles. The smallest absolute Gasteiger partial charge is 0.340 e. The van der Waals surface area contributed by atoms with Crippen molar-refractivity contribution in [3.63, 3.8) is 0 Å². The van der Waals surface area contributed by atoms with Crippen LogP contribution in [0, 0.1) is 5.41 Å². The zero-order chi connectivity index (χ0) is 23.6. The number of aromatic nitrogens is 1. The van der Waals surface area contributed by atoms with E-state index in [1.807, 2.05) is 106 Å². The van der Waals surface area contributed by atoms with E-state index in [0.29, 0.717) is 22.4 Å². The van der Waals surface area contributed by atoms with Crippen molar-refractivity contribution in [1.29, 1.82) is 0 Å². The number of benzene rings is 3. The Morgan fingerprint density at radius 2 is 1.27 bits per heavy atom. The molecule has 4 aromatic rings. The van der Waals surface area contributed by atoms with Gasteiger partial charge in [0.1, 0.15) is 0 Å². The maximum atomic E-state index is 13.3. The number of rotatable bonds is 5. The molecule has 4 rings (SSSR count). The fourth-order valence-electron chi connectivity index (χ4n) is 4.03. The second-order valence-electron chi connectivity index (χ2n) is 8.97. The Balaban J connectivity index is 2.09. The van der Waals surface area contributed by atoms with Crippen LogP contribution in [-0.4, -0.2) is 23.8 Å². The predicted molar refractivity (Wildman–Crippen MR) is 132 cm³/mol. The molecule has 0 aliphatic rings. The SMILES string of the molecule is COC(=O)c1c(-c2ccccc2C(=O)C(C)(C)C)[nH]c(-c2ccccc2)c1-c1ccccc1. The monoisotopic (exact) mass is 437 g/mol. The van der Waals surface area contributed by atoms with E-state index in [9.17, 15) is 9.59 Å². The van der Waals surface area contributed by atoms with Crippen LogP contribution in [0.5, 0.6) is 0 Å². The number of methoxy groups -OCH3 is 1. The molecule has 3 aromatic carbocycles. The Morgan fingerprint density at radius 3 is 1.85 bits per heavy atom. The van der Waals surface area contributed by atoms with Gasteiger partial charge in [-0.1, -0.05) is 106 Å². The van der Waals surface area contributed by atoms with E-state index in [-0.39, 0.29) is 5.78 Å². The summed E-state index contributed by atoms with van der Waals surface area (Å²) in [7, 11) is 1.38. The zero-order valence-electron chi connectivity index (χ0n) is 19.3. The van der Waals surface area contributed by atoms with Crippen molar-refractivity contribution in [2.24, 2.45) is 5.41 Å². The molecule has 1 aromatic heterocycles. The summed E-state index contributed by atoms with van der Waals surface area (Å²) in [5, 5.41) is 0. The van der Waals surface area contributed by atoms with Crippen molar-refractivity contribution < 1.29 is 14.3 Å². The molecule has 0 fully saturated rings. The van der Waals surface area contributed by atoms with Gasteiger partial charge < -0.3 is 9.72 Å². The van der Waals surface area contributed by atoms with Crippen LogP contribution < -0.4 is 0 Å². The van der Waals surface area contributed by atoms with E-state index in [4.69, 9.17) is 4.74 Å². The maximum absolute atomic E-state index is 13.3. The molecule has 0 atom stereocenters. The van der Waals surface area contributed by atoms with Crippen LogP contribution in [0.3, 0.4) is 0 Å². The number of esters is 1. The topological polar surface area (TPSA) is 59.2 Å². The van der Waals surface area contributed by atoms with E-state index in [1.54, 1.807) is 0 Å². The molecule has 0 aliphatic heterocycles. The molecule has 33 heavy (non-hydrogen) atoms. The van der Waals surface area contributed by atoms with Gasteiger partial charge in [0.15, 0.2) is 5.78 Å². The van der Waals surface area contributed by atoms with Gasteiger partial charge in [0.25, 0.3) is 0 Å². The fourth-order valence-corrected chi connectivity index (χ4v) is 4.03. The number of carbonyl (C=O) groups is 2. The third-order valence-corrected chi connectivity index (χ3v) is 5.64. The van der Waals surface area contributed by atoms with Crippen LogP contribution in [0.2, 0.25) is 0 Å². The van der Waals surface area contributed by atoms with Crippen molar-refractivity contribution in [1.82, 2.24) is 4.98 Å². The molecule has 0 unspecified atom stereocenters. The summed E-state index contributed by atoms with van der Waals surface area (Å²) in [6.45, 7) is 5.69. The average Bonchev–Trinajstić information content (AvgIpc) is 3.24. The molecule has 0 bridgehead atoms. The Bertz CT molecular complexity index is 1300. The quantitative estimate of drug-likeness (QED) is 0.269. The molecule has 0 amide bonds. The second kappa shape index (κ2) is 8.91. The van der Waals surface area contributed by atoms with Crippen LogP contribution >= 0.6 is 0 Å². The number of Topliss-reactive ketones (excluding diaryl/α,β-unsaturated/α-hetero) is 1. The molecule has 0 saturated heterocycles. The standard InChI is InChI=1S/C29H27NO3/c1-29(2,3)27(31)22-18-12-11-17-21(22)26-24(28(32)33-4)23(19-13-7-5-8-14-19)25(30-26)20-15-9-6-10-16-20/h5-18,30H,1-4H3. The van der Waals surface area contributed by atoms with Crippen molar-refractivity contribution in [3.05, 3.63) is 96.1 Å². The van der Waals surface area contributed by atoms with Crippen molar-refractivity contribution in [2.45, 2.75) is 20.8 Å². The molecule has 0 saturated carbocycles. The molecule has 0 radical (unpaired) electrons. The highest BCUT2D eigenvalue weighted by molar-refractivity contribution is 6.11. The summed E-state index contributed by atoms with van der Waals surface area (Å²) in [6.07, 6.45) is 0. The molecule has 1 N–H and O–H groups in total. The van der Waals surface area contributed by atoms with Gasteiger partial charge in [-0.05, 0) is 11.1 Å². The van der Waals surface area contributed by atoms with Gasteiger partial charge in [0.05, 0.1) is 24.1 Å². The third kappa shape index (κ3) is 4.24. The summed E-state index contributed by atoms with van der Waals surface area (Å²) in [6, 6.07) is 27.0. The minimum Gasteiger partial charge on any atom is -0.465 e. The third-order valence-electron chi connectivity index (χ3n) is 5.64. The lowest BCUT2D eigenvalue weighted by Gasteiger charge is -2.19. The predicted octanol–water partition coefficient (Wildman–Crippen LogP) is 7.03. The fraction of sp³-hybridized carbons (Fsp3) is 0.172. The minimum absolute atomic E-state index is 0.00559.